The standard InChI is InChI=1S/C18H28N2O/c1-12-7-13(2)9-14(8-12)16(21)19-15-10-17(3,4)20-18(5,6)11-15/h7-9,15,20H,10-11H2,1-6H3,(H,19,21). The molecule has 0 saturated carbocycles. The van der Waals surface area contributed by atoms with Gasteiger partial charge in [-0.05, 0) is 66.5 Å². The van der Waals surface area contributed by atoms with Crippen molar-refractivity contribution in [2.75, 3.05) is 0 Å². The monoisotopic (exact) mass is 288 g/mol. The van der Waals surface area contributed by atoms with Crippen molar-refractivity contribution < 1.29 is 4.79 Å². The largest absolute Gasteiger partial charge is 0.349 e. The molecule has 116 valence electrons. The summed E-state index contributed by atoms with van der Waals surface area (Å²) >= 11 is 0. The minimum absolute atomic E-state index is 0.0419. The average Bonchev–Trinajstić information content (AvgIpc) is 2.22. The van der Waals surface area contributed by atoms with Gasteiger partial charge < -0.3 is 10.6 Å². The summed E-state index contributed by atoms with van der Waals surface area (Å²) in [7, 11) is 0. The number of nitrogens with one attached hydrogen (secondary N) is 2. The Labute approximate surface area is 128 Å². The Morgan fingerprint density at radius 1 is 1.05 bits per heavy atom. The van der Waals surface area contributed by atoms with Crippen LogP contribution in [0.4, 0.5) is 0 Å². The van der Waals surface area contributed by atoms with Gasteiger partial charge in [-0.25, -0.2) is 0 Å². The van der Waals surface area contributed by atoms with Gasteiger partial charge in [0.15, 0.2) is 0 Å². The van der Waals surface area contributed by atoms with Crippen LogP contribution in [0.25, 0.3) is 0 Å². The van der Waals surface area contributed by atoms with Crippen molar-refractivity contribution in [3.63, 3.8) is 0 Å². The molecule has 1 aliphatic rings. The van der Waals surface area contributed by atoms with Gasteiger partial charge in [-0.1, -0.05) is 17.2 Å². The van der Waals surface area contributed by atoms with Gasteiger partial charge in [0.25, 0.3) is 5.91 Å². The summed E-state index contributed by atoms with van der Waals surface area (Å²) in [6.45, 7) is 12.8. The van der Waals surface area contributed by atoms with E-state index in [2.05, 4.69) is 44.4 Å². The topological polar surface area (TPSA) is 41.1 Å². The highest BCUT2D eigenvalue weighted by Crippen LogP contribution is 2.28. The normalized spacial score (nSPS) is 21.0. The maximum absolute atomic E-state index is 12.5. The molecule has 1 fully saturated rings. The van der Waals surface area contributed by atoms with Gasteiger partial charge in [-0.15, -0.1) is 0 Å². The van der Waals surface area contributed by atoms with E-state index in [0.717, 1.165) is 29.5 Å². The van der Waals surface area contributed by atoms with Crippen LogP contribution in [0, 0.1) is 13.8 Å². The minimum atomic E-state index is 0.0419. The Bertz CT molecular complexity index is 510. The molecule has 2 rings (SSSR count). The Kier molecular flexibility index (Phi) is 4.16. The van der Waals surface area contributed by atoms with E-state index in [1.807, 2.05) is 26.0 Å². The molecule has 1 aromatic rings. The summed E-state index contributed by atoms with van der Waals surface area (Å²) in [4.78, 5) is 12.5. The van der Waals surface area contributed by atoms with Crippen LogP contribution in [0.2, 0.25) is 0 Å². The molecule has 21 heavy (non-hydrogen) atoms. The van der Waals surface area contributed by atoms with Crippen LogP contribution in [0.5, 0.6) is 0 Å². The smallest absolute Gasteiger partial charge is 0.251 e. The van der Waals surface area contributed by atoms with Crippen molar-refractivity contribution in [2.45, 2.75) is 71.5 Å². The molecule has 0 unspecified atom stereocenters. The molecule has 1 amide bonds. The zero-order valence-electron chi connectivity index (χ0n) is 14.1. The van der Waals surface area contributed by atoms with Crippen molar-refractivity contribution in [3.05, 3.63) is 34.9 Å². The highest BCUT2D eigenvalue weighted by Gasteiger charge is 2.38. The number of hydrogen-bond acceptors (Lipinski definition) is 2. The van der Waals surface area contributed by atoms with Crippen LogP contribution in [0.1, 0.15) is 62.0 Å². The van der Waals surface area contributed by atoms with Crippen LogP contribution in [-0.2, 0) is 0 Å². The molecule has 0 aromatic heterocycles. The lowest BCUT2D eigenvalue weighted by Crippen LogP contribution is -2.62. The van der Waals surface area contributed by atoms with E-state index in [4.69, 9.17) is 0 Å². The molecule has 1 saturated heterocycles. The number of carbonyl (C=O) groups excluding carboxylic acids is 1. The highest BCUT2D eigenvalue weighted by molar-refractivity contribution is 5.94. The van der Waals surface area contributed by atoms with E-state index in [0.29, 0.717) is 0 Å². The second-order valence-electron chi connectivity index (χ2n) is 7.85. The first kappa shape index (κ1) is 16.0. The van der Waals surface area contributed by atoms with Gasteiger partial charge in [-0.2, -0.15) is 0 Å². The van der Waals surface area contributed by atoms with Crippen LogP contribution in [0.15, 0.2) is 18.2 Å². The number of hydrogen-bond donors (Lipinski definition) is 2. The molecule has 1 heterocycles. The van der Waals surface area contributed by atoms with Crippen LogP contribution < -0.4 is 10.6 Å². The van der Waals surface area contributed by atoms with E-state index in [-0.39, 0.29) is 23.0 Å². The van der Waals surface area contributed by atoms with Crippen molar-refractivity contribution in [1.82, 2.24) is 10.6 Å². The fraction of sp³-hybridized carbons (Fsp3) is 0.611. The molecule has 3 heteroatoms. The Morgan fingerprint density at radius 2 is 1.52 bits per heavy atom. The zero-order chi connectivity index (χ0) is 15.8. The lowest BCUT2D eigenvalue weighted by Gasteiger charge is -2.46. The molecule has 0 atom stereocenters. The maximum Gasteiger partial charge on any atom is 0.251 e. The molecule has 0 bridgehead atoms. The third kappa shape index (κ3) is 4.31. The number of aryl methyl sites for hydroxylation is 2. The molecule has 3 nitrogen and oxygen atoms in total. The van der Waals surface area contributed by atoms with Gasteiger partial charge in [-0.3, -0.25) is 4.79 Å². The van der Waals surface area contributed by atoms with E-state index in [9.17, 15) is 4.79 Å². The Balaban J connectivity index is 2.12. The van der Waals surface area contributed by atoms with E-state index in [1.54, 1.807) is 0 Å². The van der Waals surface area contributed by atoms with Crippen molar-refractivity contribution >= 4 is 5.91 Å². The minimum Gasteiger partial charge on any atom is -0.349 e. The van der Waals surface area contributed by atoms with E-state index in [1.165, 1.54) is 0 Å². The summed E-state index contributed by atoms with van der Waals surface area (Å²) in [6, 6.07) is 6.22. The van der Waals surface area contributed by atoms with Gasteiger partial charge in [0.05, 0.1) is 0 Å². The molecule has 0 aliphatic carbocycles. The van der Waals surface area contributed by atoms with Gasteiger partial charge in [0, 0.05) is 22.7 Å². The summed E-state index contributed by atoms with van der Waals surface area (Å²) in [5, 5.41) is 6.86. The predicted octanol–water partition coefficient (Wildman–Crippen LogP) is 3.34. The first-order valence-electron chi connectivity index (χ1n) is 7.75. The Hall–Kier alpha value is -1.35. The molecule has 0 radical (unpaired) electrons. The van der Waals surface area contributed by atoms with E-state index >= 15 is 0 Å². The quantitative estimate of drug-likeness (QED) is 0.876. The van der Waals surface area contributed by atoms with Gasteiger partial charge in [0.1, 0.15) is 0 Å². The first-order chi connectivity index (χ1) is 9.56. The summed E-state index contributed by atoms with van der Waals surface area (Å²) < 4.78 is 0. The number of carbonyl (C=O) groups is 1. The predicted molar refractivity (Wildman–Crippen MR) is 87.7 cm³/mol. The molecule has 1 aromatic carbocycles. The van der Waals surface area contributed by atoms with Crippen LogP contribution in [0.3, 0.4) is 0 Å². The second kappa shape index (κ2) is 5.45. The van der Waals surface area contributed by atoms with Crippen molar-refractivity contribution in [3.8, 4) is 0 Å². The molecule has 1 aliphatic heterocycles. The lowest BCUT2D eigenvalue weighted by molar-refractivity contribution is 0.0873. The second-order valence-corrected chi connectivity index (χ2v) is 7.85. The SMILES string of the molecule is Cc1cc(C)cc(C(=O)NC2CC(C)(C)NC(C)(C)C2)c1. The first-order valence-corrected chi connectivity index (χ1v) is 7.75. The Morgan fingerprint density at radius 3 is 2.00 bits per heavy atom. The van der Waals surface area contributed by atoms with Crippen LogP contribution in [-0.4, -0.2) is 23.0 Å². The summed E-state index contributed by atoms with van der Waals surface area (Å²) in [5.41, 5.74) is 3.11. The average molecular weight is 288 g/mol. The van der Waals surface area contributed by atoms with Gasteiger partial charge in [0.2, 0.25) is 0 Å². The summed E-state index contributed by atoms with van der Waals surface area (Å²) in [6.07, 6.45) is 1.90. The van der Waals surface area contributed by atoms with E-state index < -0.39 is 0 Å². The summed E-state index contributed by atoms with van der Waals surface area (Å²) in [5.74, 6) is 0.0419. The van der Waals surface area contributed by atoms with Crippen LogP contribution >= 0.6 is 0 Å². The zero-order valence-corrected chi connectivity index (χ0v) is 14.1. The highest BCUT2D eigenvalue weighted by atomic mass is 16.1. The molecule has 0 spiro atoms. The van der Waals surface area contributed by atoms with Crippen molar-refractivity contribution in [1.29, 1.82) is 0 Å². The fourth-order valence-electron chi connectivity index (χ4n) is 3.80. The third-order valence-corrected chi connectivity index (χ3v) is 4.01. The lowest BCUT2D eigenvalue weighted by atomic mass is 9.79. The number of rotatable bonds is 2. The van der Waals surface area contributed by atoms with Crippen molar-refractivity contribution in [2.24, 2.45) is 0 Å². The molecular weight excluding hydrogens is 260 g/mol. The maximum atomic E-state index is 12.5. The fourth-order valence-corrected chi connectivity index (χ4v) is 3.80. The number of piperidine rings is 1. The third-order valence-electron chi connectivity index (χ3n) is 4.01. The molecule has 2 N–H and O–H groups in total. The molecular formula is C18H28N2O. The number of benzene rings is 1. The number of amides is 1. The van der Waals surface area contributed by atoms with Gasteiger partial charge >= 0.3 is 0 Å².